The zero-order chi connectivity index (χ0) is 7.98. The lowest BCUT2D eigenvalue weighted by molar-refractivity contribution is -0.118. The molecule has 1 unspecified atom stereocenters. The van der Waals surface area contributed by atoms with Gasteiger partial charge in [0.2, 0.25) is 0 Å². The molecule has 0 rings (SSSR count). The first kappa shape index (κ1) is 8.98. The average molecular weight is 141 g/mol. The van der Waals surface area contributed by atoms with E-state index in [9.17, 15) is 4.79 Å². The zero-order valence-electron chi connectivity index (χ0n) is 6.24. The molecule has 0 bridgehead atoms. The Morgan fingerprint density at radius 2 is 2.40 bits per heavy atom. The molecule has 4 heteroatoms. The summed E-state index contributed by atoms with van der Waals surface area (Å²) >= 11 is 0. The maximum absolute atomic E-state index is 10.7. The molecular formula is C6H11N3O. The number of rotatable bonds is 4. The number of azide groups is 1. The van der Waals surface area contributed by atoms with Crippen molar-refractivity contribution in [2.45, 2.75) is 32.7 Å². The van der Waals surface area contributed by atoms with Gasteiger partial charge in [-0.1, -0.05) is 18.5 Å². The van der Waals surface area contributed by atoms with Gasteiger partial charge in [0.15, 0.2) is 0 Å². The molecule has 0 radical (unpaired) electrons. The number of hydrogen-bond donors (Lipinski definition) is 0. The summed E-state index contributed by atoms with van der Waals surface area (Å²) in [6, 6.07) is -0.449. The molecule has 1 atom stereocenters. The first-order valence-corrected chi connectivity index (χ1v) is 3.27. The minimum atomic E-state index is -0.449. The predicted octanol–water partition coefficient (Wildman–Crippen LogP) is 2.05. The molecule has 0 fully saturated rings. The molecule has 4 nitrogen and oxygen atoms in total. The third-order valence-corrected chi connectivity index (χ3v) is 1.22. The van der Waals surface area contributed by atoms with Crippen molar-refractivity contribution in [3.05, 3.63) is 10.4 Å². The van der Waals surface area contributed by atoms with Crippen molar-refractivity contribution in [1.82, 2.24) is 0 Å². The fraction of sp³-hybridized carbons (Fsp3) is 0.833. The molecule has 0 spiro atoms. The summed E-state index contributed by atoms with van der Waals surface area (Å²) < 4.78 is 0. The third kappa shape index (κ3) is 3.10. The van der Waals surface area contributed by atoms with E-state index in [1.54, 1.807) is 0 Å². The van der Waals surface area contributed by atoms with Crippen LogP contribution >= 0.6 is 0 Å². The predicted molar refractivity (Wildman–Crippen MR) is 38.5 cm³/mol. The molecule has 0 saturated heterocycles. The van der Waals surface area contributed by atoms with E-state index >= 15 is 0 Å². The minimum Gasteiger partial charge on any atom is -0.300 e. The molecule has 0 aliphatic rings. The highest BCUT2D eigenvalue weighted by atomic mass is 16.1. The summed E-state index contributed by atoms with van der Waals surface area (Å²) in [5.74, 6) is -0.0559. The molecule has 0 saturated carbocycles. The minimum absolute atomic E-state index is 0.0559. The van der Waals surface area contributed by atoms with E-state index in [0.717, 1.165) is 6.42 Å². The van der Waals surface area contributed by atoms with E-state index in [4.69, 9.17) is 5.53 Å². The largest absolute Gasteiger partial charge is 0.300 e. The standard InChI is InChI=1S/C6H11N3O/c1-3-4-6(5(2)10)8-9-7/h6H,3-4H2,1-2H3. The Morgan fingerprint density at radius 1 is 1.80 bits per heavy atom. The van der Waals surface area contributed by atoms with Crippen molar-refractivity contribution < 1.29 is 4.79 Å². The lowest BCUT2D eigenvalue weighted by atomic mass is 10.1. The lowest BCUT2D eigenvalue weighted by Crippen LogP contribution is -2.13. The number of carbonyl (C=O) groups excluding carboxylic acids is 1. The Kier molecular flexibility index (Phi) is 4.33. The van der Waals surface area contributed by atoms with Crippen LogP contribution in [0.3, 0.4) is 0 Å². The summed E-state index contributed by atoms with van der Waals surface area (Å²) in [7, 11) is 0. The Bertz CT molecular complexity index is 158. The summed E-state index contributed by atoms with van der Waals surface area (Å²) in [5, 5.41) is 3.34. The monoisotopic (exact) mass is 141 g/mol. The Morgan fingerprint density at radius 3 is 2.70 bits per heavy atom. The van der Waals surface area contributed by atoms with Crippen LogP contribution in [-0.2, 0) is 4.79 Å². The van der Waals surface area contributed by atoms with Gasteiger partial charge in [0.25, 0.3) is 0 Å². The van der Waals surface area contributed by atoms with Crippen molar-refractivity contribution in [1.29, 1.82) is 0 Å². The molecule has 0 amide bonds. The number of hydrogen-bond acceptors (Lipinski definition) is 2. The fourth-order valence-corrected chi connectivity index (χ4v) is 0.678. The second-order valence-electron chi connectivity index (χ2n) is 2.12. The molecule has 0 N–H and O–H groups in total. The van der Waals surface area contributed by atoms with Crippen LogP contribution in [0.25, 0.3) is 10.4 Å². The van der Waals surface area contributed by atoms with Gasteiger partial charge in [-0.05, 0) is 18.9 Å². The molecule has 0 aliphatic heterocycles. The van der Waals surface area contributed by atoms with Gasteiger partial charge < -0.3 is 0 Å². The summed E-state index contributed by atoms with van der Waals surface area (Å²) in [6.07, 6.45) is 1.52. The van der Waals surface area contributed by atoms with Gasteiger partial charge in [0.05, 0.1) is 6.04 Å². The Hall–Kier alpha value is -1.02. The Balaban J connectivity index is 3.97. The molecular weight excluding hydrogens is 130 g/mol. The van der Waals surface area contributed by atoms with Gasteiger partial charge >= 0.3 is 0 Å². The van der Waals surface area contributed by atoms with Crippen LogP contribution in [0.2, 0.25) is 0 Å². The third-order valence-electron chi connectivity index (χ3n) is 1.22. The van der Waals surface area contributed by atoms with Crippen LogP contribution < -0.4 is 0 Å². The van der Waals surface area contributed by atoms with Crippen LogP contribution in [0.1, 0.15) is 26.7 Å². The van der Waals surface area contributed by atoms with Gasteiger partial charge in [-0.15, -0.1) is 0 Å². The maximum atomic E-state index is 10.7. The van der Waals surface area contributed by atoms with Crippen molar-refractivity contribution in [3.63, 3.8) is 0 Å². The van der Waals surface area contributed by atoms with Crippen LogP contribution in [0.4, 0.5) is 0 Å². The lowest BCUT2D eigenvalue weighted by Gasteiger charge is -2.02. The molecule has 0 aromatic rings. The van der Waals surface area contributed by atoms with Gasteiger partial charge in [0, 0.05) is 4.91 Å². The van der Waals surface area contributed by atoms with E-state index in [0.29, 0.717) is 6.42 Å². The second-order valence-corrected chi connectivity index (χ2v) is 2.12. The quantitative estimate of drug-likeness (QED) is 0.335. The Labute approximate surface area is 59.9 Å². The van der Waals surface area contributed by atoms with E-state index in [-0.39, 0.29) is 5.78 Å². The van der Waals surface area contributed by atoms with Crippen molar-refractivity contribution in [3.8, 4) is 0 Å². The number of ketones is 1. The van der Waals surface area contributed by atoms with E-state index < -0.39 is 6.04 Å². The van der Waals surface area contributed by atoms with E-state index in [1.807, 2.05) is 6.92 Å². The van der Waals surface area contributed by atoms with E-state index in [2.05, 4.69) is 10.0 Å². The summed E-state index contributed by atoms with van der Waals surface area (Å²) in [5.41, 5.74) is 8.02. The second kappa shape index (κ2) is 4.82. The van der Waals surface area contributed by atoms with Crippen molar-refractivity contribution in [2.24, 2.45) is 5.11 Å². The SMILES string of the molecule is CCCC(N=[N+]=[N-])C(C)=O. The average Bonchev–Trinajstić information content (AvgIpc) is 1.87. The normalized spacial score (nSPS) is 11.8. The number of carbonyl (C=O) groups is 1. The van der Waals surface area contributed by atoms with Crippen LogP contribution in [-0.4, -0.2) is 11.8 Å². The highest BCUT2D eigenvalue weighted by molar-refractivity contribution is 5.81. The molecule has 56 valence electrons. The number of nitrogens with zero attached hydrogens (tertiary/aromatic N) is 3. The molecule has 0 heterocycles. The summed E-state index contributed by atoms with van der Waals surface area (Å²) in [4.78, 5) is 13.2. The highest BCUT2D eigenvalue weighted by Gasteiger charge is 2.08. The first-order valence-electron chi connectivity index (χ1n) is 3.27. The van der Waals surface area contributed by atoms with Gasteiger partial charge in [-0.25, -0.2) is 0 Å². The molecule has 0 aromatic heterocycles. The van der Waals surface area contributed by atoms with Crippen molar-refractivity contribution >= 4 is 5.78 Å². The van der Waals surface area contributed by atoms with Crippen LogP contribution in [0.5, 0.6) is 0 Å². The smallest absolute Gasteiger partial charge is 0.138 e. The summed E-state index contributed by atoms with van der Waals surface area (Å²) in [6.45, 7) is 3.39. The van der Waals surface area contributed by atoms with Crippen LogP contribution in [0, 0.1) is 0 Å². The van der Waals surface area contributed by atoms with Gasteiger partial charge in [-0.3, -0.25) is 4.79 Å². The molecule has 0 aromatic carbocycles. The van der Waals surface area contributed by atoms with Crippen molar-refractivity contribution in [2.75, 3.05) is 0 Å². The fourth-order valence-electron chi connectivity index (χ4n) is 0.678. The van der Waals surface area contributed by atoms with Crippen LogP contribution in [0.15, 0.2) is 5.11 Å². The highest BCUT2D eigenvalue weighted by Crippen LogP contribution is 2.02. The zero-order valence-corrected chi connectivity index (χ0v) is 6.24. The van der Waals surface area contributed by atoms with Gasteiger partial charge in [-0.2, -0.15) is 0 Å². The maximum Gasteiger partial charge on any atom is 0.138 e. The van der Waals surface area contributed by atoms with E-state index in [1.165, 1.54) is 6.92 Å². The topological polar surface area (TPSA) is 65.8 Å². The van der Waals surface area contributed by atoms with Gasteiger partial charge in [0.1, 0.15) is 5.78 Å². The first-order chi connectivity index (χ1) is 4.72. The molecule has 0 aliphatic carbocycles. The molecule has 10 heavy (non-hydrogen) atoms. The number of Topliss-reactive ketones (excluding diaryl/α,β-unsaturated/α-hetero) is 1.